The molecule has 0 spiro atoms. The number of hydrogen-bond acceptors (Lipinski definition) is 2. The summed E-state index contributed by atoms with van der Waals surface area (Å²) in [5, 5.41) is 0. The zero-order valence-corrected chi connectivity index (χ0v) is 9.45. The fourth-order valence-corrected chi connectivity index (χ4v) is 2.19. The Kier molecular flexibility index (Phi) is 3.97. The van der Waals surface area contributed by atoms with Gasteiger partial charge < -0.3 is 4.74 Å². The van der Waals surface area contributed by atoms with E-state index in [0.717, 1.165) is 18.6 Å². The molecule has 0 aliphatic heterocycles. The van der Waals surface area contributed by atoms with Crippen LogP contribution in [0.5, 0.6) is 5.75 Å². The van der Waals surface area contributed by atoms with Crippen molar-refractivity contribution < 1.29 is 9.53 Å². The van der Waals surface area contributed by atoms with Gasteiger partial charge in [0.1, 0.15) is 5.75 Å². The molecule has 2 heteroatoms. The summed E-state index contributed by atoms with van der Waals surface area (Å²) in [5.41, 5.74) is 0.557. The maximum atomic E-state index is 10.6. The van der Waals surface area contributed by atoms with Crippen molar-refractivity contribution in [2.24, 2.45) is 5.92 Å². The summed E-state index contributed by atoms with van der Waals surface area (Å²) < 4.78 is 5.71. The molecule has 1 radical (unpaired) electrons. The van der Waals surface area contributed by atoms with Gasteiger partial charge in [-0.2, -0.15) is 0 Å². The van der Waals surface area contributed by atoms with Crippen molar-refractivity contribution in [3.8, 4) is 5.75 Å². The van der Waals surface area contributed by atoms with Crippen LogP contribution in [0.3, 0.4) is 0 Å². The number of ether oxygens (including phenoxy) is 1. The van der Waals surface area contributed by atoms with Crippen molar-refractivity contribution in [3.05, 3.63) is 29.8 Å². The van der Waals surface area contributed by atoms with E-state index in [9.17, 15) is 4.79 Å². The number of carbonyl (C=O) groups is 1. The van der Waals surface area contributed by atoms with Crippen LogP contribution in [0.15, 0.2) is 18.2 Å². The van der Waals surface area contributed by atoms with Gasteiger partial charge in [-0.05, 0) is 43.0 Å². The molecule has 0 bridgehead atoms. The van der Waals surface area contributed by atoms with Crippen LogP contribution in [-0.2, 0) is 0 Å². The molecule has 0 atom stereocenters. The highest BCUT2D eigenvalue weighted by molar-refractivity contribution is 5.74. The number of benzene rings is 1. The van der Waals surface area contributed by atoms with E-state index in [1.165, 1.54) is 32.1 Å². The molecule has 0 heterocycles. The third-order valence-corrected chi connectivity index (χ3v) is 3.13. The van der Waals surface area contributed by atoms with Crippen molar-refractivity contribution in [3.63, 3.8) is 0 Å². The molecule has 2 rings (SSSR count). The lowest BCUT2D eigenvalue weighted by atomic mass is 9.90. The van der Waals surface area contributed by atoms with Gasteiger partial charge in [0.15, 0.2) is 6.29 Å². The van der Waals surface area contributed by atoms with E-state index in [2.05, 4.69) is 6.07 Å². The van der Waals surface area contributed by atoms with Crippen LogP contribution in [0, 0.1) is 12.0 Å². The Morgan fingerprint density at radius 3 is 2.94 bits per heavy atom. The van der Waals surface area contributed by atoms with Crippen LogP contribution in [0.1, 0.15) is 42.5 Å². The highest BCUT2D eigenvalue weighted by atomic mass is 16.5. The fourth-order valence-electron chi connectivity index (χ4n) is 2.19. The van der Waals surface area contributed by atoms with Gasteiger partial charge in [-0.3, -0.25) is 4.79 Å². The number of aldehydes is 1. The first-order valence-electron chi connectivity index (χ1n) is 5.98. The Balaban J connectivity index is 1.85. The van der Waals surface area contributed by atoms with Crippen molar-refractivity contribution in [1.29, 1.82) is 0 Å². The molecule has 1 aliphatic carbocycles. The molecule has 1 aromatic carbocycles. The topological polar surface area (TPSA) is 26.3 Å². The predicted octanol–water partition coefficient (Wildman–Crippen LogP) is 3.26. The second-order valence-corrected chi connectivity index (χ2v) is 4.41. The van der Waals surface area contributed by atoms with Crippen LogP contribution in [-0.4, -0.2) is 12.9 Å². The number of hydrogen-bond donors (Lipinski definition) is 0. The Labute approximate surface area is 96.6 Å². The molecule has 0 amide bonds. The van der Waals surface area contributed by atoms with Gasteiger partial charge in [-0.15, -0.1) is 0 Å². The summed E-state index contributed by atoms with van der Waals surface area (Å²) in [5.74, 6) is 1.48. The smallest absolute Gasteiger partial charge is 0.150 e. The molecule has 0 aromatic heterocycles. The van der Waals surface area contributed by atoms with Gasteiger partial charge in [0.25, 0.3) is 0 Å². The van der Waals surface area contributed by atoms with E-state index >= 15 is 0 Å². The van der Waals surface area contributed by atoms with Crippen molar-refractivity contribution in [1.82, 2.24) is 0 Å². The Morgan fingerprint density at radius 1 is 1.38 bits per heavy atom. The summed E-state index contributed by atoms with van der Waals surface area (Å²) in [7, 11) is 0. The summed E-state index contributed by atoms with van der Waals surface area (Å²) in [6.07, 6.45) is 7.38. The molecule has 1 fully saturated rings. The minimum absolute atomic E-state index is 0.557. The van der Waals surface area contributed by atoms with Gasteiger partial charge in [0, 0.05) is 5.56 Å². The Morgan fingerprint density at radius 2 is 2.19 bits per heavy atom. The van der Waals surface area contributed by atoms with Crippen LogP contribution < -0.4 is 4.74 Å². The zero-order valence-electron chi connectivity index (χ0n) is 9.45. The second kappa shape index (κ2) is 5.69. The molecule has 85 valence electrons. The van der Waals surface area contributed by atoms with E-state index in [-0.39, 0.29) is 0 Å². The summed E-state index contributed by atoms with van der Waals surface area (Å²) in [4.78, 5) is 10.6. The Hall–Kier alpha value is -1.31. The molecular formula is C14H17O2. The third-order valence-electron chi connectivity index (χ3n) is 3.13. The lowest BCUT2D eigenvalue weighted by Crippen LogP contribution is -2.15. The molecule has 1 saturated carbocycles. The first-order valence-corrected chi connectivity index (χ1v) is 5.98. The first-order chi connectivity index (χ1) is 7.88. The van der Waals surface area contributed by atoms with Crippen LogP contribution in [0.2, 0.25) is 0 Å². The van der Waals surface area contributed by atoms with E-state index < -0.39 is 0 Å². The normalized spacial score (nSPS) is 17.0. The first kappa shape index (κ1) is 11.2. The van der Waals surface area contributed by atoms with Gasteiger partial charge in [-0.25, -0.2) is 0 Å². The molecule has 0 unspecified atom stereocenters. The standard InChI is InChI=1S/C14H17O2/c15-10-13-7-4-8-14(9-13)16-11-12-5-2-1-3-6-12/h4,8-10,12H,1-3,5-6,11H2. The summed E-state index contributed by atoms with van der Waals surface area (Å²) in [6.45, 7) is 0.780. The van der Waals surface area contributed by atoms with Crippen molar-refractivity contribution in [2.45, 2.75) is 32.1 Å². The highest BCUT2D eigenvalue weighted by Gasteiger charge is 2.13. The maximum Gasteiger partial charge on any atom is 0.150 e. The average molecular weight is 217 g/mol. The lowest BCUT2D eigenvalue weighted by molar-refractivity contribution is 0.112. The van der Waals surface area contributed by atoms with Gasteiger partial charge in [-0.1, -0.05) is 19.3 Å². The molecule has 1 aliphatic rings. The SMILES string of the molecule is O=Cc1[c]ccc(OCC2CCCCC2)c1. The monoisotopic (exact) mass is 217 g/mol. The van der Waals surface area contributed by atoms with Crippen LogP contribution >= 0.6 is 0 Å². The molecule has 2 nitrogen and oxygen atoms in total. The Bertz CT molecular complexity index is 340. The second-order valence-electron chi connectivity index (χ2n) is 4.41. The quantitative estimate of drug-likeness (QED) is 0.723. The lowest BCUT2D eigenvalue weighted by Gasteiger charge is -2.21. The molecule has 0 N–H and O–H groups in total. The summed E-state index contributed by atoms with van der Waals surface area (Å²) >= 11 is 0. The van der Waals surface area contributed by atoms with Gasteiger partial charge in [0.2, 0.25) is 0 Å². The largest absolute Gasteiger partial charge is 0.493 e. The molecule has 16 heavy (non-hydrogen) atoms. The predicted molar refractivity (Wildman–Crippen MR) is 62.7 cm³/mol. The molecular weight excluding hydrogens is 200 g/mol. The van der Waals surface area contributed by atoms with Gasteiger partial charge in [0.05, 0.1) is 6.61 Å². The van der Waals surface area contributed by atoms with E-state index in [0.29, 0.717) is 11.5 Å². The third kappa shape index (κ3) is 3.09. The number of rotatable bonds is 4. The highest BCUT2D eigenvalue weighted by Crippen LogP contribution is 2.24. The van der Waals surface area contributed by atoms with Crippen molar-refractivity contribution in [2.75, 3.05) is 6.61 Å². The van der Waals surface area contributed by atoms with Crippen LogP contribution in [0.4, 0.5) is 0 Å². The molecule has 1 aromatic rings. The van der Waals surface area contributed by atoms with E-state index in [1.54, 1.807) is 12.1 Å². The van der Waals surface area contributed by atoms with E-state index in [1.807, 2.05) is 6.07 Å². The van der Waals surface area contributed by atoms with E-state index in [4.69, 9.17) is 4.74 Å². The zero-order chi connectivity index (χ0) is 11.2. The van der Waals surface area contributed by atoms with Gasteiger partial charge >= 0.3 is 0 Å². The fraction of sp³-hybridized carbons (Fsp3) is 0.500. The van der Waals surface area contributed by atoms with Crippen LogP contribution in [0.25, 0.3) is 0 Å². The number of carbonyl (C=O) groups excluding carboxylic acids is 1. The minimum atomic E-state index is 0.557. The minimum Gasteiger partial charge on any atom is -0.493 e. The maximum absolute atomic E-state index is 10.6. The molecule has 0 saturated heterocycles. The average Bonchev–Trinajstić information content (AvgIpc) is 2.38. The van der Waals surface area contributed by atoms with Crippen molar-refractivity contribution >= 4 is 6.29 Å². The summed E-state index contributed by atoms with van der Waals surface area (Å²) in [6, 6.07) is 8.19.